The number of hydrogen-bond acceptors (Lipinski definition) is 4. The van der Waals surface area contributed by atoms with E-state index in [1.54, 1.807) is 0 Å². The molecule has 2 aliphatic rings. The molecule has 5 nitrogen and oxygen atoms in total. The van der Waals surface area contributed by atoms with Gasteiger partial charge in [0, 0.05) is 25.2 Å². The second-order valence-electron chi connectivity index (χ2n) is 7.94. The highest BCUT2D eigenvalue weighted by Gasteiger charge is 2.29. The fourth-order valence-corrected chi connectivity index (χ4v) is 4.77. The molecule has 2 fully saturated rings. The molecule has 3 rings (SSSR count). The van der Waals surface area contributed by atoms with Gasteiger partial charge in [0.1, 0.15) is 0 Å². The fraction of sp³-hybridized carbons (Fsp3) is 0.700. The lowest BCUT2D eigenvalue weighted by atomic mass is 9.78. The number of thiophene rings is 1. The summed E-state index contributed by atoms with van der Waals surface area (Å²) in [6.07, 6.45) is 5.40. The first kappa shape index (κ1) is 19.4. The molecule has 144 valence electrons. The molecule has 1 saturated carbocycles. The molecule has 3 atom stereocenters. The van der Waals surface area contributed by atoms with Crippen molar-refractivity contribution >= 4 is 23.2 Å². The van der Waals surface area contributed by atoms with Gasteiger partial charge >= 0.3 is 0 Å². The van der Waals surface area contributed by atoms with Crippen LogP contribution in [-0.4, -0.2) is 48.4 Å². The van der Waals surface area contributed by atoms with Gasteiger partial charge in [-0.1, -0.05) is 32.8 Å². The molecule has 1 aromatic heterocycles. The van der Waals surface area contributed by atoms with Crippen LogP contribution in [0.1, 0.15) is 55.6 Å². The van der Waals surface area contributed by atoms with Crippen molar-refractivity contribution in [2.24, 2.45) is 11.8 Å². The third-order valence-corrected chi connectivity index (χ3v) is 6.96. The van der Waals surface area contributed by atoms with Crippen LogP contribution in [0.2, 0.25) is 0 Å². The predicted molar refractivity (Wildman–Crippen MR) is 105 cm³/mol. The Hall–Kier alpha value is -1.40. The molecule has 1 aliphatic heterocycles. The molecule has 2 N–H and O–H groups in total. The molecular weight excluding hydrogens is 346 g/mol. The Morgan fingerprint density at radius 2 is 1.92 bits per heavy atom. The SMILES string of the molecule is CC1CCCC(NC(=O)CN2CCC(NC(=O)c3cccs3)CC2)C1C. The maximum Gasteiger partial charge on any atom is 0.261 e. The van der Waals surface area contributed by atoms with Gasteiger partial charge in [0.05, 0.1) is 11.4 Å². The van der Waals surface area contributed by atoms with Gasteiger partial charge in [-0.05, 0) is 42.5 Å². The lowest BCUT2D eigenvalue weighted by Crippen LogP contribution is -2.50. The number of piperidine rings is 1. The first-order chi connectivity index (χ1) is 12.5. The van der Waals surface area contributed by atoms with E-state index in [1.807, 2.05) is 17.5 Å². The highest BCUT2D eigenvalue weighted by atomic mass is 32.1. The van der Waals surface area contributed by atoms with Crippen molar-refractivity contribution in [3.05, 3.63) is 22.4 Å². The standard InChI is InChI=1S/C20H31N3O2S/c1-14-5-3-6-17(15(14)2)22-19(24)13-23-10-8-16(9-11-23)21-20(25)18-7-4-12-26-18/h4,7,12,14-17H,3,5-6,8-11,13H2,1-2H3,(H,21,25)(H,22,24). The Bertz CT molecular complexity index is 596. The monoisotopic (exact) mass is 377 g/mol. The summed E-state index contributed by atoms with van der Waals surface area (Å²) < 4.78 is 0. The van der Waals surface area contributed by atoms with Crippen molar-refractivity contribution in [3.63, 3.8) is 0 Å². The molecule has 1 aliphatic carbocycles. The molecule has 6 heteroatoms. The Kier molecular flexibility index (Phi) is 6.70. The van der Waals surface area contributed by atoms with Gasteiger partial charge in [-0.25, -0.2) is 0 Å². The molecule has 0 radical (unpaired) electrons. The number of nitrogens with one attached hydrogen (secondary N) is 2. The second-order valence-corrected chi connectivity index (χ2v) is 8.89. The van der Waals surface area contributed by atoms with Crippen LogP contribution in [-0.2, 0) is 4.79 Å². The first-order valence-electron chi connectivity index (χ1n) is 9.89. The van der Waals surface area contributed by atoms with Crippen molar-refractivity contribution < 1.29 is 9.59 Å². The van der Waals surface area contributed by atoms with E-state index in [1.165, 1.54) is 24.2 Å². The lowest BCUT2D eigenvalue weighted by Gasteiger charge is -2.36. The molecule has 2 heterocycles. The highest BCUT2D eigenvalue weighted by Crippen LogP contribution is 2.29. The van der Waals surface area contributed by atoms with Crippen LogP contribution in [0.5, 0.6) is 0 Å². The van der Waals surface area contributed by atoms with Gasteiger partial charge in [0.2, 0.25) is 5.91 Å². The zero-order valence-electron chi connectivity index (χ0n) is 15.9. The van der Waals surface area contributed by atoms with Crippen molar-refractivity contribution in [1.82, 2.24) is 15.5 Å². The van der Waals surface area contributed by atoms with Crippen molar-refractivity contribution in [1.29, 1.82) is 0 Å². The van der Waals surface area contributed by atoms with Crippen molar-refractivity contribution in [3.8, 4) is 0 Å². The summed E-state index contributed by atoms with van der Waals surface area (Å²) in [5.41, 5.74) is 0. The molecule has 0 spiro atoms. The Morgan fingerprint density at radius 1 is 1.15 bits per heavy atom. The number of carbonyl (C=O) groups is 2. The zero-order valence-corrected chi connectivity index (χ0v) is 16.7. The highest BCUT2D eigenvalue weighted by molar-refractivity contribution is 7.12. The van der Waals surface area contributed by atoms with Gasteiger partial charge in [-0.15, -0.1) is 11.3 Å². The van der Waals surface area contributed by atoms with Crippen molar-refractivity contribution in [2.45, 2.75) is 58.0 Å². The predicted octanol–water partition coefficient (Wildman–Crippen LogP) is 2.88. The van der Waals surface area contributed by atoms with Crippen LogP contribution in [0.15, 0.2) is 17.5 Å². The molecule has 26 heavy (non-hydrogen) atoms. The van der Waals surface area contributed by atoms with E-state index in [0.29, 0.717) is 24.4 Å². The topological polar surface area (TPSA) is 61.4 Å². The van der Waals surface area contributed by atoms with Crippen LogP contribution in [0.25, 0.3) is 0 Å². The first-order valence-corrected chi connectivity index (χ1v) is 10.8. The summed E-state index contributed by atoms with van der Waals surface area (Å²) >= 11 is 1.47. The van der Waals surface area contributed by atoms with E-state index in [0.717, 1.165) is 37.2 Å². The van der Waals surface area contributed by atoms with E-state index in [9.17, 15) is 9.59 Å². The summed E-state index contributed by atoms with van der Waals surface area (Å²) in [6.45, 7) is 6.75. The molecule has 3 unspecified atom stereocenters. The third kappa shape index (κ3) is 5.07. The molecule has 0 bridgehead atoms. The normalized spacial score (nSPS) is 27.8. The maximum atomic E-state index is 12.4. The molecule has 1 aromatic rings. The average Bonchev–Trinajstić information content (AvgIpc) is 3.15. The van der Waals surface area contributed by atoms with Gasteiger partial charge in [-0.2, -0.15) is 0 Å². The molecule has 2 amide bonds. The lowest BCUT2D eigenvalue weighted by molar-refractivity contribution is -0.124. The largest absolute Gasteiger partial charge is 0.352 e. The minimum absolute atomic E-state index is 0.0246. The summed E-state index contributed by atoms with van der Waals surface area (Å²) in [5.74, 6) is 1.43. The smallest absolute Gasteiger partial charge is 0.261 e. The minimum atomic E-state index is 0.0246. The van der Waals surface area contributed by atoms with Gasteiger partial charge in [0.25, 0.3) is 5.91 Å². The zero-order chi connectivity index (χ0) is 18.5. The summed E-state index contributed by atoms with van der Waals surface area (Å²) in [4.78, 5) is 27.5. The number of carbonyl (C=O) groups excluding carboxylic acids is 2. The van der Waals surface area contributed by atoms with Gasteiger partial charge < -0.3 is 10.6 Å². The Balaban J connectivity index is 1.38. The molecule has 1 saturated heterocycles. The van der Waals surface area contributed by atoms with Crippen molar-refractivity contribution in [2.75, 3.05) is 19.6 Å². The van der Waals surface area contributed by atoms with Crippen LogP contribution in [0.4, 0.5) is 0 Å². The average molecular weight is 378 g/mol. The Morgan fingerprint density at radius 3 is 2.62 bits per heavy atom. The third-order valence-electron chi connectivity index (χ3n) is 6.09. The molecular formula is C20H31N3O2S. The van der Waals surface area contributed by atoms with E-state index >= 15 is 0 Å². The number of rotatable bonds is 5. The minimum Gasteiger partial charge on any atom is -0.352 e. The fourth-order valence-electron chi connectivity index (χ4n) is 4.14. The van der Waals surface area contributed by atoms with Crippen LogP contribution < -0.4 is 10.6 Å². The summed E-state index contributed by atoms with van der Waals surface area (Å²) in [5, 5.41) is 8.30. The Labute approximate surface area is 160 Å². The van der Waals surface area contributed by atoms with Gasteiger partial charge in [-0.3, -0.25) is 14.5 Å². The number of hydrogen-bond donors (Lipinski definition) is 2. The van der Waals surface area contributed by atoms with E-state index in [2.05, 4.69) is 29.4 Å². The number of likely N-dealkylation sites (tertiary alicyclic amines) is 1. The van der Waals surface area contributed by atoms with Crippen LogP contribution >= 0.6 is 11.3 Å². The molecule has 0 aromatic carbocycles. The van der Waals surface area contributed by atoms with Crippen LogP contribution in [0.3, 0.4) is 0 Å². The number of amides is 2. The quantitative estimate of drug-likeness (QED) is 0.829. The summed E-state index contributed by atoms with van der Waals surface area (Å²) in [7, 11) is 0. The van der Waals surface area contributed by atoms with E-state index in [4.69, 9.17) is 0 Å². The maximum absolute atomic E-state index is 12.4. The second kappa shape index (κ2) is 9.00. The number of nitrogens with zero attached hydrogens (tertiary/aromatic N) is 1. The van der Waals surface area contributed by atoms with E-state index in [-0.39, 0.29) is 17.9 Å². The summed E-state index contributed by atoms with van der Waals surface area (Å²) in [6, 6.07) is 4.29. The van der Waals surface area contributed by atoms with Gasteiger partial charge in [0.15, 0.2) is 0 Å². The van der Waals surface area contributed by atoms with Crippen LogP contribution in [0, 0.1) is 11.8 Å². The van der Waals surface area contributed by atoms with E-state index < -0.39 is 0 Å².